The number of nitrogens with one attached hydrogen (secondary N) is 1. The van der Waals surface area contributed by atoms with Gasteiger partial charge in [-0.05, 0) is 18.2 Å². The van der Waals surface area contributed by atoms with Gasteiger partial charge in [-0.3, -0.25) is 19.7 Å². The Balaban J connectivity index is 2.17. The van der Waals surface area contributed by atoms with Crippen LogP contribution in [0.2, 0.25) is 0 Å². The molecule has 2 aromatic rings. The third-order valence-electron chi connectivity index (χ3n) is 3.14. The molecule has 0 saturated heterocycles. The number of hydrogen-bond acceptors (Lipinski definition) is 5. The maximum Gasteiger partial charge on any atom is 0.296 e. The predicted octanol–water partition coefficient (Wildman–Crippen LogP) is 0.628. The first-order chi connectivity index (χ1) is 11.4. The Bertz CT molecular complexity index is 806. The molecule has 0 bridgehead atoms. The SMILES string of the molecule is COc1ccc(NC(=O)C[n+]2cccc(C(N)=O)c2)c([N+](=O)[O-])c1. The Hall–Kier alpha value is -3.49. The number of aromatic nitrogens is 1. The number of carbonyl (C=O) groups is 2. The maximum atomic E-state index is 12.1. The number of benzene rings is 1. The van der Waals surface area contributed by atoms with Gasteiger partial charge in [0, 0.05) is 6.07 Å². The van der Waals surface area contributed by atoms with E-state index in [0.717, 1.165) is 0 Å². The van der Waals surface area contributed by atoms with Crippen molar-refractivity contribution in [1.82, 2.24) is 0 Å². The average molecular weight is 331 g/mol. The van der Waals surface area contributed by atoms with Crippen molar-refractivity contribution in [2.45, 2.75) is 6.54 Å². The van der Waals surface area contributed by atoms with Gasteiger partial charge in [-0.1, -0.05) is 0 Å². The molecule has 1 heterocycles. The van der Waals surface area contributed by atoms with Crippen LogP contribution in [-0.2, 0) is 11.3 Å². The number of nitro benzene ring substituents is 1. The second-order valence-corrected chi connectivity index (χ2v) is 4.82. The molecule has 0 atom stereocenters. The summed E-state index contributed by atoms with van der Waals surface area (Å²) in [4.78, 5) is 33.7. The molecule has 0 fully saturated rings. The Labute approximate surface area is 136 Å². The molecule has 0 aliphatic carbocycles. The lowest BCUT2D eigenvalue weighted by atomic mass is 10.2. The van der Waals surface area contributed by atoms with Gasteiger partial charge in [0.05, 0.1) is 18.1 Å². The average Bonchev–Trinajstić information content (AvgIpc) is 2.55. The minimum Gasteiger partial charge on any atom is -0.496 e. The van der Waals surface area contributed by atoms with Gasteiger partial charge in [0.15, 0.2) is 12.4 Å². The van der Waals surface area contributed by atoms with Crippen molar-refractivity contribution in [2.24, 2.45) is 5.73 Å². The van der Waals surface area contributed by atoms with Crippen LogP contribution in [0.1, 0.15) is 10.4 Å². The van der Waals surface area contributed by atoms with Crippen LogP contribution in [-0.4, -0.2) is 23.8 Å². The van der Waals surface area contributed by atoms with Crippen molar-refractivity contribution in [1.29, 1.82) is 0 Å². The predicted molar refractivity (Wildman–Crippen MR) is 83.4 cm³/mol. The number of nitro groups is 1. The molecule has 0 spiro atoms. The fourth-order valence-electron chi connectivity index (χ4n) is 2.02. The number of amides is 2. The molecular formula is C15H15N4O5+. The molecule has 0 saturated carbocycles. The van der Waals surface area contributed by atoms with E-state index in [1.165, 1.54) is 42.1 Å². The molecule has 0 aliphatic rings. The number of rotatable bonds is 6. The molecule has 3 N–H and O–H groups in total. The third-order valence-corrected chi connectivity index (χ3v) is 3.14. The molecule has 2 amide bonds. The number of anilines is 1. The minimum atomic E-state index is -0.615. The van der Waals surface area contributed by atoms with E-state index in [1.54, 1.807) is 12.3 Å². The van der Waals surface area contributed by atoms with Crippen molar-refractivity contribution in [3.63, 3.8) is 0 Å². The van der Waals surface area contributed by atoms with E-state index in [0.29, 0.717) is 5.75 Å². The highest BCUT2D eigenvalue weighted by atomic mass is 16.6. The molecule has 124 valence electrons. The summed E-state index contributed by atoms with van der Waals surface area (Å²) in [6.07, 6.45) is 3.00. The number of pyridine rings is 1. The second kappa shape index (κ2) is 7.18. The molecule has 2 rings (SSSR count). The lowest BCUT2D eigenvalue weighted by Gasteiger charge is -2.06. The number of hydrogen-bond donors (Lipinski definition) is 2. The number of carbonyl (C=O) groups excluding carboxylic acids is 2. The van der Waals surface area contributed by atoms with Crippen molar-refractivity contribution in [2.75, 3.05) is 12.4 Å². The number of nitrogens with two attached hydrogens (primary N) is 1. The minimum absolute atomic E-state index is 0.0532. The maximum absolute atomic E-state index is 12.1. The zero-order valence-electron chi connectivity index (χ0n) is 12.8. The van der Waals surface area contributed by atoms with Crippen LogP contribution >= 0.6 is 0 Å². The lowest BCUT2D eigenvalue weighted by molar-refractivity contribution is -0.684. The van der Waals surface area contributed by atoms with Gasteiger partial charge in [0.2, 0.25) is 6.54 Å². The highest BCUT2D eigenvalue weighted by molar-refractivity contribution is 5.93. The first-order valence-electron chi connectivity index (χ1n) is 6.82. The zero-order chi connectivity index (χ0) is 17.7. The van der Waals surface area contributed by atoms with Crippen LogP contribution < -0.4 is 20.4 Å². The van der Waals surface area contributed by atoms with Crippen LogP contribution in [0.15, 0.2) is 42.7 Å². The van der Waals surface area contributed by atoms with Crippen molar-refractivity contribution < 1.29 is 23.8 Å². The van der Waals surface area contributed by atoms with Gasteiger partial charge in [-0.25, -0.2) is 0 Å². The van der Waals surface area contributed by atoms with E-state index < -0.39 is 16.7 Å². The zero-order valence-corrected chi connectivity index (χ0v) is 12.8. The van der Waals surface area contributed by atoms with E-state index in [-0.39, 0.29) is 23.5 Å². The Kier molecular flexibility index (Phi) is 5.05. The largest absolute Gasteiger partial charge is 0.496 e. The summed E-state index contributed by atoms with van der Waals surface area (Å²) in [5.74, 6) is -0.798. The summed E-state index contributed by atoms with van der Waals surface area (Å²) in [7, 11) is 1.39. The van der Waals surface area contributed by atoms with E-state index in [9.17, 15) is 19.7 Å². The van der Waals surface area contributed by atoms with E-state index >= 15 is 0 Å². The number of ether oxygens (including phenoxy) is 1. The van der Waals surface area contributed by atoms with Gasteiger partial charge in [0.1, 0.15) is 17.0 Å². The van der Waals surface area contributed by atoms with Crippen LogP contribution in [0.3, 0.4) is 0 Å². The van der Waals surface area contributed by atoms with Gasteiger partial charge >= 0.3 is 0 Å². The van der Waals surface area contributed by atoms with Gasteiger partial charge in [-0.2, -0.15) is 4.57 Å². The molecule has 1 aromatic carbocycles. The highest BCUT2D eigenvalue weighted by Gasteiger charge is 2.19. The summed E-state index contributed by atoms with van der Waals surface area (Å²) < 4.78 is 6.38. The van der Waals surface area contributed by atoms with Crippen molar-refractivity contribution in [3.05, 3.63) is 58.4 Å². The van der Waals surface area contributed by atoms with E-state index in [1.807, 2.05) is 0 Å². The van der Waals surface area contributed by atoms with Crippen molar-refractivity contribution >= 4 is 23.2 Å². The lowest BCUT2D eigenvalue weighted by Crippen LogP contribution is -2.40. The summed E-state index contributed by atoms with van der Waals surface area (Å²) in [5, 5.41) is 13.6. The summed E-state index contributed by atoms with van der Waals surface area (Å²) >= 11 is 0. The molecule has 24 heavy (non-hydrogen) atoms. The smallest absolute Gasteiger partial charge is 0.296 e. The van der Waals surface area contributed by atoms with Gasteiger partial charge in [-0.15, -0.1) is 0 Å². The number of primary amides is 1. The Morgan fingerprint density at radius 2 is 2.12 bits per heavy atom. The topological polar surface area (TPSA) is 128 Å². The molecule has 1 aromatic heterocycles. The molecule has 0 unspecified atom stereocenters. The fourth-order valence-corrected chi connectivity index (χ4v) is 2.02. The summed E-state index contributed by atoms with van der Waals surface area (Å²) in [6.45, 7) is -0.135. The Morgan fingerprint density at radius 1 is 1.38 bits per heavy atom. The molecule has 9 nitrogen and oxygen atoms in total. The quantitative estimate of drug-likeness (QED) is 0.456. The van der Waals surface area contributed by atoms with E-state index in [4.69, 9.17) is 10.5 Å². The first-order valence-corrected chi connectivity index (χ1v) is 6.82. The third kappa shape index (κ3) is 4.03. The second-order valence-electron chi connectivity index (χ2n) is 4.82. The normalized spacial score (nSPS) is 10.0. The number of nitrogens with zero attached hydrogens (tertiary/aromatic N) is 2. The van der Waals surface area contributed by atoms with Crippen LogP contribution in [0.25, 0.3) is 0 Å². The molecular weight excluding hydrogens is 316 g/mol. The summed E-state index contributed by atoms with van der Waals surface area (Å²) in [6, 6.07) is 7.20. The van der Waals surface area contributed by atoms with Gasteiger partial charge < -0.3 is 15.8 Å². The molecule has 0 radical (unpaired) electrons. The summed E-state index contributed by atoms with van der Waals surface area (Å²) in [5.41, 5.74) is 5.20. The van der Waals surface area contributed by atoms with Crippen LogP contribution in [0.4, 0.5) is 11.4 Å². The first kappa shape index (κ1) is 16.9. The fraction of sp³-hybridized carbons (Fsp3) is 0.133. The van der Waals surface area contributed by atoms with Crippen molar-refractivity contribution in [3.8, 4) is 5.75 Å². The van der Waals surface area contributed by atoms with Crippen LogP contribution in [0, 0.1) is 10.1 Å². The van der Waals surface area contributed by atoms with E-state index in [2.05, 4.69) is 5.32 Å². The Morgan fingerprint density at radius 3 is 2.75 bits per heavy atom. The standard InChI is InChI=1S/C15H14N4O5/c1-24-11-4-5-12(13(7-11)19(22)23)17-14(20)9-18-6-2-3-10(8-18)15(16)21/h2-8H,9H2,1H3,(H2-,16,17,20,21)/p+1. The number of methoxy groups -OCH3 is 1. The van der Waals surface area contributed by atoms with Crippen LogP contribution in [0.5, 0.6) is 5.75 Å². The monoisotopic (exact) mass is 331 g/mol. The highest BCUT2D eigenvalue weighted by Crippen LogP contribution is 2.28. The molecule has 0 aliphatic heterocycles. The molecule has 9 heteroatoms. The van der Waals surface area contributed by atoms with Gasteiger partial charge in [0.25, 0.3) is 17.5 Å².